The van der Waals surface area contributed by atoms with Gasteiger partial charge < -0.3 is 4.74 Å². The zero-order valence-electron chi connectivity index (χ0n) is 17.3. The lowest BCUT2D eigenvalue weighted by Crippen LogP contribution is -2.20. The summed E-state index contributed by atoms with van der Waals surface area (Å²) >= 11 is 6.06. The third-order valence-corrected chi connectivity index (χ3v) is 5.01. The number of benzene rings is 3. The van der Waals surface area contributed by atoms with Crippen molar-refractivity contribution in [2.24, 2.45) is 5.10 Å². The van der Waals surface area contributed by atoms with Gasteiger partial charge in [0.05, 0.1) is 22.7 Å². The van der Waals surface area contributed by atoms with Gasteiger partial charge in [0.25, 0.3) is 5.56 Å². The van der Waals surface area contributed by atoms with Gasteiger partial charge in [-0.05, 0) is 42.5 Å². The van der Waals surface area contributed by atoms with Crippen molar-refractivity contribution in [3.05, 3.63) is 93.2 Å². The Bertz CT molecular complexity index is 1510. The Hall–Kier alpha value is -4.16. The molecule has 3 aromatic carbocycles. The maximum atomic E-state index is 13.3. The smallest absolute Gasteiger partial charge is 0.416 e. The van der Waals surface area contributed by atoms with Gasteiger partial charge in [-0.15, -0.1) is 0 Å². The Kier molecular flexibility index (Phi) is 6.34. The molecular weight excluding hydrogens is 469 g/mol. The van der Waals surface area contributed by atoms with E-state index in [4.69, 9.17) is 21.6 Å². The first-order valence-corrected chi connectivity index (χ1v) is 10.2. The molecule has 0 atom stereocenters. The lowest BCUT2D eigenvalue weighted by Gasteiger charge is -2.12. The zero-order chi connectivity index (χ0) is 24.3. The summed E-state index contributed by atoms with van der Waals surface area (Å²) in [5.41, 5.74) is -0.729. The number of para-hydroxylation sites is 1. The third-order valence-electron chi connectivity index (χ3n) is 4.78. The van der Waals surface area contributed by atoms with Crippen LogP contribution in [0.1, 0.15) is 11.1 Å². The fourth-order valence-electron chi connectivity index (χ4n) is 3.23. The number of hydrogen-bond donors (Lipinski definition) is 0. The van der Waals surface area contributed by atoms with Gasteiger partial charge in [0.15, 0.2) is 12.4 Å². The average molecular weight is 483 g/mol. The molecule has 1 aromatic heterocycles. The number of hydrogen-bond acceptors (Lipinski definition) is 5. The van der Waals surface area contributed by atoms with Crippen LogP contribution in [0.5, 0.6) is 5.75 Å². The zero-order valence-corrected chi connectivity index (χ0v) is 18.0. The quantitative estimate of drug-likeness (QED) is 0.351. The van der Waals surface area contributed by atoms with Crippen molar-refractivity contribution in [3.63, 3.8) is 0 Å². The molecule has 0 fully saturated rings. The predicted octanol–water partition coefficient (Wildman–Crippen LogP) is 5.52. The minimum atomic E-state index is -4.57. The Morgan fingerprint density at radius 1 is 1.12 bits per heavy atom. The van der Waals surface area contributed by atoms with E-state index in [0.29, 0.717) is 16.1 Å². The van der Waals surface area contributed by atoms with Crippen molar-refractivity contribution >= 4 is 28.7 Å². The van der Waals surface area contributed by atoms with Crippen LogP contribution in [-0.2, 0) is 6.18 Å². The summed E-state index contributed by atoms with van der Waals surface area (Å²) in [6, 6.07) is 17.4. The molecule has 0 unspecified atom stereocenters. The molecule has 0 aliphatic heterocycles. The second-order valence-electron chi connectivity index (χ2n) is 7.02. The molecule has 0 N–H and O–H groups in total. The second kappa shape index (κ2) is 9.37. The predicted molar refractivity (Wildman–Crippen MR) is 122 cm³/mol. The fourth-order valence-corrected chi connectivity index (χ4v) is 3.41. The van der Waals surface area contributed by atoms with E-state index in [1.807, 2.05) is 6.07 Å². The topological polar surface area (TPSA) is 80.3 Å². The molecule has 0 amide bonds. The first-order chi connectivity index (χ1) is 16.3. The summed E-state index contributed by atoms with van der Waals surface area (Å²) in [6.07, 6.45) is -3.30. The van der Waals surface area contributed by atoms with E-state index in [-0.39, 0.29) is 29.1 Å². The molecule has 1 heterocycles. The first kappa shape index (κ1) is 23.0. The Morgan fingerprint density at radius 2 is 1.91 bits per heavy atom. The largest absolute Gasteiger partial charge is 0.478 e. The van der Waals surface area contributed by atoms with E-state index >= 15 is 0 Å². The molecule has 6 nitrogen and oxygen atoms in total. The van der Waals surface area contributed by atoms with Gasteiger partial charge in [0.2, 0.25) is 0 Å². The molecular formula is C24H14ClF3N4O2. The van der Waals surface area contributed by atoms with Crippen molar-refractivity contribution < 1.29 is 17.9 Å². The molecule has 4 aromatic rings. The molecule has 4 rings (SSSR count). The lowest BCUT2D eigenvalue weighted by atomic mass is 10.1. The van der Waals surface area contributed by atoms with Crippen LogP contribution in [0.3, 0.4) is 0 Å². The first-order valence-electron chi connectivity index (χ1n) is 9.81. The summed E-state index contributed by atoms with van der Waals surface area (Å²) in [7, 11) is 0. The van der Waals surface area contributed by atoms with Crippen LogP contribution in [0.15, 0.2) is 76.6 Å². The van der Waals surface area contributed by atoms with E-state index in [9.17, 15) is 18.0 Å². The Labute approximate surface area is 196 Å². The number of aromatic nitrogens is 2. The standard InChI is InChI=1S/C24H14ClF3N4O2/c25-18-8-9-21(34-11-10-29)16(13-18)14-30-32-22(15-4-3-5-17(12-15)24(26,27)28)31-20-7-2-1-6-19(20)23(32)33/h1-9,12-14H,11H2. The third kappa shape index (κ3) is 4.77. The van der Waals surface area contributed by atoms with Gasteiger partial charge >= 0.3 is 6.18 Å². The normalized spacial score (nSPS) is 11.6. The number of nitriles is 1. The Balaban J connectivity index is 1.92. The van der Waals surface area contributed by atoms with Crippen LogP contribution in [0.25, 0.3) is 22.3 Å². The van der Waals surface area contributed by atoms with E-state index in [1.54, 1.807) is 30.3 Å². The van der Waals surface area contributed by atoms with E-state index in [0.717, 1.165) is 16.8 Å². The minimum Gasteiger partial charge on any atom is -0.478 e. The number of alkyl halides is 3. The van der Waals surface area contributed by atoms with E-state index in [2.05, 4.69) is 10.1 Å². The molecule has 0 saturated heterocycles. The summed E-state index contributed by atoms with van der Waals surface area (Å²) in [6.45, 7) is -0.227. The number of rotatable bonds is 5. The van der Waals surface area contributed by atoms with Gasteiger partial charge in [-0.2, -0.15) is 28.2 Å². The van der Waals surface area contributed by atoms with Gasteiger partial charge in [-0.3, -0.25) is 4.79 Å². The van der Waals surface area contributed by atoms with Crippen LogP contribution < -0.4 is 10.3 Å². The number of fused-ring (bicyclic) bond motifs is 1. The lowest BCUT2D eigenvalue weighted by molar-refractivity contribution is -0.137. The van der Waals surface area contributed by atoms with Gasteiger partial charge in [0.1, 0.15) is 11.8 Å². The highest BCUT2D eigenvalue weighted by Crippen LogP contribution is 2.32. The molecule has 0 spiro atoms. The highest BCUT2D eigenvalue weighted by molar-refractivity contribution is 6.30. The molecule has 0 radical (unpaired) electrons. The highest BCUT2D eigenvalue weighted by Gasteiger charge is 2.31. The van der Waals surface area contributed by atoms with E-state index in [1.165, 1.54) is 30.5 Å². The SMILES string of the molecule is N#CCOc1ccc(Cl)cc1C=Nn1c(-c2cccc(C(F)(F)F)c2)nc2ccccc2c1=O. The maximum absolute atomic E-state index is 13.3. The summed E-state index contributed by atoms with van der Waals surface area (Å²) in [4.78, 5) is 17.6. The Morgan fingerprint density at radius 3 is 2.68 bits per heavy atom. The van der Waals surface area contributed by atoms with E-state index < -0.39 is 17.3 Å². The molecule has 10 heteroatoms. The van der Waals surface area contributed by atoms with Gasteiger partial charge in [-0.1, -0.05) is 35.9 Å². The highest BCUT2D eigenvalue weighted by atomic mass is 35.5. The summed E-state index contributed by atoms with van der Waals surface area (Å²) < 4.78 is 46.2. The van der Waals surface area contributed by atoms with Gasteiger partial charge in [0, 0.05) is 16.1 Å². The molecule has 0 bridgehead atoms. The van der Waals surface area contributed by atoms with Crippen molar-refractivity contribution in [1.29, 1.82) is 5.26 Å². The minimum absolute atomic E-state index is 0.0573. The molecule has 0 aliphatic carbocycles. The number of nitrogens with zero attached hydrogens (tertiary/aromatic N) is 4. The molecule has 0 saturated carbocycles. The average Bonchev–Trinajstić information content (AvgIpc) is 2.82. The second-order valence-corrected chi connectivity index (χ2v) is 7.46. The molecule has 0 aliphatic rings. The van der Waals surface area contributed by atoms with Crippen LogP contribution in [0, 0.1) is 11.3 Å². The van der Waals surface area contributed by atoms with Crippen LogP contribution >= 0.6 is 11.6 Å². The van der Waals surface area contributed by atoms with Crippen molar-refractivity contribution in [2.45, 2.75) is 6.18 Å². The number of ether oxygens (including phenoxy) is 1. The maximum Gasteiger partial charge on any atom is 0.416 e. The molecule has 34 heavy (non-hydrogen) atoms. The van der Waals surface area contributed by atoms with Crippen molar-refractivity contribution in [1.82, 2.24) is 9.66 Å². The van der Waals surface area contributed by atoms with Crippen LogP contribution in [0.4, 0.5) is 13.2 Å². The van der Waals surface area contributed by atoms with Crippen LogP contribution in [0.2, 0.25) is 5.02 Å². The fraction of sp³-hybridized carbons (Fsp3) is 0.0833. The van der Waals surface area contributed by atoms with Crippen molar-refractivity contribution in [2.75, 3.05) is 6.61 Å². The number of halogens is 4. The van der Waals surface area contributed by atoms with Gasteiger partial charge in [-0.25, -0.2) is 4.98 Å². The van der Waals surface area contributed by atoms with Crippen molar-refractivity contribution in [3.8, 4) is 23.2 Å². The monoisotopic (exact) mass is 482 g/mol. The van der Waals surface area contributed by atoms with Crippen LogP contribution in [-0.4, -0.2) is 22.5 Å². The summed E-state index contributed by atoms with van der Waals surface area (Å²) in [5.74, 6) is 0.213. The summed E-state index contributed by atoms with van der Waals surface area (Å²) in [5, 5.41) is 13.6. The molecule has 170 valence electrons.